The fourth-order valence-electron chi connectivity index (χ4n) is 3.31. The van der Waals surface area contributed by atoms with Gasteiger partial charge in [0.2, 0.25) is 6.41 Å². The Morgan fingerprint density at radius 3 is 1.88 bits per heavy atom. The van der Waals surface area contributed by atoms with Gasteiger partial charge in [0.15, 0.2) is 0 Å². The zero-order chi connectivity index (χ0) is 19.7. The molecule has 2 rings (SSSR count). The number of aromatic hydroxyl groups is 1. The lowest BCUT2D eigenvalue weighted by molar-refractivity contribution is -0.110. The maximum absolute atomic E-state index is 11.3. The van der Waals surface area contributed by atoms with Crippen LogP contribution >= 0.6 is 0 Å². The molecule has 0 heterocycles. The summed E-state index contributed by atoms with van der Waals surface area (Å²) in [6, 6.07) is 11.9. The molecule has 0 spiro atoms. The van der Waals surface area contributed by atoms with Crippen molar-refractivity contribution in [2.75, 3.05) is 0 Å². The monoisotopic (exact) mass is 353 g/mol. The molecule has 0 fully saturated rings. The zero-order valence-electron chi connectivity index (χ0n) is 17.0. The van der Waals surface area contributed by atoms with E-state index >= 15 is 0 Å². The minimum atomic E-state index is -0.253. The highest BCUT2D eigenvalue weighted by molar-refractivity contribution is 5.55. The molecule has 0 aromatic heterocycles. The number of benzene rings is 2. The maximum atomic E-state index is 11.3. The summed E-state index contributed by atoms with van der Waals surface area (Å²) >= 11 is 0. The molecule has 3 nitrogen and oxygen atoms in total. The molecule has 1 unspecified atom stereocenters. The van der Waals surface area contributed by atoms with E-state index in [0.29, 0.717) is 5.75 Å². The minimum absolute atomic E-state index is 0.211. The van der Waals surface area contributed by atoms with Crippen molar-refractivity contribution < 1.29 is 9.90 Å². The first-order valence-corrected chi connectivity index (χ1v) is 9.10. The standard InChI is InChI=1S/C23H31NO2/c1-15-10-8-9-11-17(15)20(24-14-25)16-12-18(22(2,3)4)21(26)19(13-16)23(5,6)7/h8-14,20,26H,1-7H3,(H,24,25). The number of rotatable bonds is 4. The fourth-order valence-corrected chi connectivity index (χ4v) is 3.31. The summed E-state index contributed by atoms with van der Waals surface area (Å²) in [6.45, 7) is 14.6. The summed E-state index contributed by atoms with van der Waals surface area (Å²) < 4.78 is 0. The Kier molecular flexibility index (Phi) is 5.50. The van der Waals surface area contributed by atoms with Crippen LogP contribution in [0.4, 0.5) is 0 Å². The first kappa shape index (κ1) is 20.0. The maximum Gasteiger partial charge on any atom is 0.207 e. The van der Waals surface area contributed by atoms with Crippen LogP contribution in [0.3, 0.4) is 0 Å². The summed E-state index contributed by atoms with van der Waals surface area (Å²) in [5.74, 6) is 0.350. The molecular weight excluding hydrogens is 322 g/mol. The topological polar surface area (TPSA) is 49.3 Å². The van der Waals surface area contributed by atoms with E-state index in [1.54, 1.807) is 0 Å². The molecule has 140 valence electrons. The van der Waals surface area contributed by atoms with Crippen molar-refractivity contribution in [2.45, 2.75) is 65.3 Å². The van der Waals surface area contributed by atoms with Crippen LogP contribution in [0.25, 0.3) is 0 Å². The molecule has 1 amide bonds. The first-order chi connectivity index (χ1) is 12.0. The first-order valence-electron chi connectivity index (χ1n) is 9.10. The van der Waals surface area contributed by atoms with Crippen molar-refractivity contribution in [1.82, 2.24) is 5.32 Å². The molecule has 0 radical (unpaired) electrons. The third-order valence-corrected chi connectivity index (χ3v) is 4.82. The van der Waals surface area contributed by atoms with Gasteiger partial charge in [0.05, 0.1) is 6.04 Å². The number of amides is 1. The van der Waals surface area contributed by atoms with Crippen LogP contribution < -0.4 is 5.32 Å². The predicted octanol–water partition coefficient (Wildman–Crippen LogP) is 5.13. The van der Waals surface area contributed by atoms with Gasteiger partial charge in [-0.25, -0.2) is 0 Å². The van der Waals surface area contributed by atoms with Gasteiger partial charge in [0, 0.05) is 0 Å². The highest BCUT2D eigenvalue weighted by Crippen LogP contribution is 2.41. The zero-order valence-corrected chi connectivity index (χ0v) is 17.0. The van der Waals surface area contributed by atoms with E-state index in [1.807, 2.05) is 43.3 Å². The van der Waals surface area contributed by atoms with Gasteiger partial charge < -0.3 is 10.4 Å². The smallest absolute Gasteiger partial charge is 0.207 e. The fraction of sp³-hybridized carbons (Fsp3) is 0.435. The van der Waals surface area contributed by atoms with Crippen molar-refractivity contribution in [1.29, 1.82) is 0 Å². The van der Waals surface area contributed by atoms with E-state index in [9.17, 15) is 9.90 Å². The van der Waals surface area contributed by atoms with Gasteiger partial charge in [-0.2, -0.15) is 0 Å². The summed E-state index contributed by atoms with van der Waals surface area (Å²) in [5.41, 5.74) is 4.53. The molecule has 2 N–H and O–H groups in total. The van der Waals surface area contributed by atoms with Gasteiger partial charge in [0.1, 0.15) is 5.75 Å². The number of hydrogen-bond donors (Lipinski definition) is 2. The molecule has 2 aromatic rings. The van der Waals surface area contributed by atoms with E-state index in [4.69, 9.17) is 0 Å². The van der Waals surface area contributed by atoms with Gasteiger partial charge in [-0.1, -0.05) is 65.8 Å². The van der Waals surface area contributed by atoms with Gasteiger partial charge in [0.25, 0.3) is 0 Å². The molecule has 0 bridgehead atoms. The second-order valence-electron chi connectivity index (χ2n) is 9.04. The molecule has 1 atom stereocenters. The Labute approximate surface area is 157 Å². The number of carbonyl (C=O) groups is 1. The predicted molar refractivity (Wildman–Crippen MR) is 108 cm³/mol. The SMILES string of the molecule is Cc1ccccc1C(NC=O)c1cc(C(C)(C)C)c(O)c(C(C)(C)C)c1. The molecule has 26 heavy (non-hydrogen) atoms. The Hall–Kier alpha value is -2.29. The average molecular weight is 354 g/mol. The third kappa shape index (κ3) is 4.09. The van der Waals surface area contributed by atoms with Gasteiger partial charge >= 0.3 is 0 Å². The van der Waals surface area contributed by atoms with Crippen LogP contribution in [-0.2, 0) is 15.6 Å². The Bertz CT molecular complexity index is 760. The van der Waals surface area contributed by atoms with Crippen molar-refractivity contribution in [2.24, 2.45) is 0 Å². The lowest BCUT2D eigenvalue weighted by atomic mass is 9.77. The average Bonchev–Trinajstić information content (AvgIpc) is 2.51. The van der Waals surface area contributed by atoms with Crippen LogP contribution in [0.2, 0.25) is 0 Å². The lowest BCUT2D eigenvalue weighted by Crippen LogP contribution is -2.24. The molecule has 0 saturated carbocycles. The lowest BCUT2D eigenvalue weighted by Gasteiger charge is -2.30. The van der Waals surface area contributed by atoms with Crippen molar-refractivity contribution in [3.63, 3.8) is 0 Å². The van der Waals surface area contributed by atoms with Crippen molar-refractivity contribution >= 4 is 6.41 Å². The number of nitrogens with one attached hydrogen (secondary N) is 1. The molecule has 0 aliphatic rings. The molecule has 0 saturated heterocycles. The number of phenols is 1. The Balaban J connectivity index is 2.77. The molecule has 3 heteroatoms. The number of hydrogen-bond acceptors (Lipinski definition) is 2. The molecule has 0 aliphatic heterocycles. The molecular formula is C23H31NO2. The van der Waals surface area contributed by atoms with E-state index < -0.39 is 0 Å². The Morgan fingerprint density at radius 1 is 0.962 bits per heavy atom. The van der Waals surface area contributed by atoms with Crippen LogP contribution in [0.15, 0.2) is 36.4 Å². The van der Waals surface area contributed by atoms with Crippen molar-refractivity contribution in [3.05, 3.63) is 64.2 Å². The Morgan fingerprint density at radius 2 is 1.46 bits per heavy atom. The molecule has 0 aliphatic carbocycles. The van der Waals surface area contributed by atoms with Gasteiger partial charge in [-0.15, -0.1) is 0 Å². The van der Waals surface area contributed by atoms with E-state index in [2.05, 4.69) is 46.9 Å². The van der Waals surface area contributed by atoms with Crippen LogP contribution in [0.5, 0.6) is 5.75 Å². The van der Waals surface area contributed by atoms with Gasteiger partial charge in [-0.05, 0) is 57.7 Å². The summed E-state index contributed by atoms with van der Waals surface area (Å²) in [7, 11) is 0. The normalized spacial score (nSPS) is 13.3. The largest absolute Gasteiger partial charge is 0.507 e. The van der Waals surface area contributed by atoms with E-state index in [-0.39, 0.29) is 16.9 Å². The van der Waals surface area contributed by atoms with Crippen LogP contribution in [0.1, 0.15) is 75.4 Å². The highest BCUT2D eigenvalue weighted by Gasteiger charge is 2.28. The van der Waals surface area contributed by atoms with Gasteiger partial charge in [-0.3, -0.25) is 4.79 Å². The molecule has 2 aromatic carbocycles. The van der Waals surface area contributed by atoms with E-state index in [1.165, 1.54) is 0 Å². The quantitative estimate of drug-likeness (QED) is 0.749. The third-order valence-electron chi connectivity index (χ3n) is 4.82. The number of carbonyl (C=O) groups excluding carboxylic acids is 1. The second kappa shape index (κ2) is 7.14. The summed E-state index contributed by atoms with van der Waals surface area (Å²) in [6.07, 6.45) is 0.748. The highest BCUT2D eigenvalue weighted by atomic mass is 16.3. The number of phenolic OH excluding ortho intramolecular Hbond substituents is 1. The minimum Gasteiger partial charge on any atom is -0.507 e. The summed E-state index contributed by atoms with van der Waals surface area (Å²) in [4.78, 5) is 11.3. The second-order valence-corrected chi connectivity index (χ2v) is 9.04. The van der Waals surface area contributed by atoms with Crippen LogP contribution in [-0.4, -0.2) is 11.5 Å². The van der Waals surface area contributed by atoms with Crippen LogP contribution in [0, 0.1) is 6.92 Å². The van der Waals surface area contributed by atoms with E-state index in [0.717, 1.165) is 34.2 Å². The number of aryl methyl sites for hydroxylation is 1. The summed E-state index contributed by atoms with van der Waals surface area (Å²) in [5, 5.41) is 13.9. The van der Waals surface area contributed by atoms with Crippen molar-refractivity contribution in [3.8, 4) is 5.75 Å².